The van der Waals surface area contributed by atoms with Gasteiger partial charge in [-0.05, 0) is 25.5 Å². The Morgan fingerprint density at radius 2 is 2.07 bits per heavy atom. The molecule has 1 aromatic carbocycles. The zero-order chi connectivity index (χ0) is 20.2. The molecule has 7 nitrogen and oxygen atoms in total. The molecule has 0 aromatic heterocycles. The zero-order valence-corrected chi connectivity index (χ0v) is 19.2. The first-order chi connectivity index (χ1) is 13.6. The Labute approximate surface area is 188 Å². The molecule has 0 saturated carbocycles. The number of alkyl halides is 2. The maximum absolute atomic E-state index is 12.6. The van der Waals surface area contributed by atoms with E-state index in [1.165, 1.54) is 0 Å². The molecule has 1 saturated heterocycles. The SMILES string of the molecule is CCNC(=NCCOCCOC)NC1CCN(c2ccccc2OC(F)F)C1.I. The first-order valence-corrected chi connectivity index (χ1v) is 9.54. The van der Waals surface area contributed by atoms with Gasteiger partial charge >= 0.3 is 6.61 Å². The first-order valence-electron chi connectivity index (χ1n) is 9.54. The third-order valence-electron chi connectivity index (χ3n) is 4.23. The number of anilines is 1. The topological polar surface area (TPSA) is 67.4 Å². The van der Waals surface area contributed by atoms with Gasteiger partial charge in [0.15, 0.2) is 5.96 Å². The number of nitrogens with one attached hydrogen (secondary N) is 2. The van der Waals surface area contributed by atoms with Crippen molar-refractivity contribution in [3.63, 3.8) is 0 Å². The van der Waals surface area contributed by atoms with Crippen LogP contribution in [0.15, 0.2) is 29.3 Å². The molecule has 1 fully saturated rings. The predicted octanol–water partition coefficient (Wildman–Crippen LogP) is 2.70. The molecule has 1 heterocycles. The summed E-state index contributed by atoms with van der Waals surface area (Å²) in [6, 6.07) is 7.04. The maximum atomic E-state index is 12.6. The number of hydrogen-bond donors (Lipinski definition) is 2. The van der Waals surface area contributed by atoms with E-state index in [1.807, 2.05) is 17.9 Å². The van der Waals surface area contributed by atoms with Gasteiger partial charge in [-0.15, -0.1) is 24.0 Å². The van der Waals surface area contributed by atoms with Crippen LogP contribution in [0.3, 0.4) is 0 Å². The lowest BCUT2D eigenvalue weighted by Gasteiger charge is -2.22. The number of guanidine groups is 1. The van der Waals surface area contributed by atoms with E-state index in [-0.39, 0.29) is 35.8 Å². The molecule has 2 N–H and O–H groups in total. The molecule has 0 bridgehead atoms. The van der Waals surface area contributed by atoms with Gasteiger partial charge in [-0.25, -0.2) is 0 Å². The van der Waals surface area contributed by atoms with Crippen molar-refractivity contribution in [1.82, 2.24) is 10.6 Å². The molecule has 1 aliphatic rings. The number of methoxy groups -OCH3 is 1. The summed E-state index contributed by atoms with van der Waals surface area (Å²) in [5.74, 6) is 0.925. The standard InChI is InChI=1S/C19H30F2N4O3.HI/c1-3-22-19(23-9-11-27-13-12-26-2)24-15-8-10-25(14-15)16-6-4-5-7-17(16)28-18(20)21;/h4-7,15,18H,3,8-14H2,1-2H3,(H2,22,23,24);1H. The van der Waals surface area contributed by atoms with Crippen molar-refractivity contribution in [3.05, 3.63) is 24.3 Å². The second kappa shape index (κ2) is 14.6. The fraction of sp³-hybridized carbons (Fsp3) is 0.632. The average Bonchev–Trinajstić information content (AvgIpc) is 3.13. The largest absolute Gasteiger partial charge is 0.433 e. The van der Waals surface area contributed by atoms with Gasteiger partial charge in [0.05, 0.1) is 32.1 Å². The highest BCUT2D eigenvalue weighted by atomic mass is 127. The molecule has 0 aliphatic carbocycles. The number of aliphatic imine (C=N–C) groups is 1. The highest BCUT2D eigenvalue weighted by Crippen LogP contribution is 2.31. The van der Waals surface area contributed by atoms with Crippen molar-refractivity contribution in [2.45, 2.75) is 26.0 Å². The van der Waals surface area contributed by atoms with Crippen LogP contribution in [-0.2, 0) is 9.47 Å². The first kappa shape index (κ1) is 25.6. The minimum atomic E-state index is -2.84. The highest BCUT2D eigenvalue weighted by molar-refractivity contribution is 14.0. The lowest BCUT2D eigenvalue weighted by molar-refractivity contribution is -0.0495. The van der Waals surface area contributed by atoms with Crippen LogP contribution in [0.5, 0.6) is 5.75 Å². The molecule has 29 heavy (non-hydrogen) atoms. The molecule has 1 atom stereocenters. The van der Waals surface area contributed by atoms with Crippen LogP contribution in [-0.4, -0.2) is 71.7 Å². The van der Waals surface area contributed by atoms with E-state index < -0.39 is 6.61 Å². The zero-order valence-electron chi connectivity index (χ0n) is 16.9. The summed E-state index contributed by atoms with van der Waals surface area (Å²) in [7, 11) is 1.64. The fourth-order valence-corrected chi connectivity index (χ4v) is 2.99. The molecular weight excluding hydrogens is 497 g/mol. The summed E-state index contributed by atoms with van der Waals surface area (Å²) in [5.41, 5.74) is 0.681. The van der Waals surface area contributed by atoms with Crippen molar-refractivity contribution in [3.8, 4) is 5.75 Å². The Morgan fingerprint density at radius 1 is 1.28 bits per heavy atom. The van der Waals surface area contributed by atoms with Gasteiger partial charge in [-0.2, -0.15) is 8.78 Å². The Balaban J connectivity index is 0.00000420. The van der Waals surface area contributed by atoms with Crippen LogP contribution < -0.4 is 20.3 Å². The van der Waals surface area contributed by atoms with Crippen LogP contribution in [0.4, 0.5) is 14.5 Å². The molecule has 1 aromatic rings. The average molecular weight is 528 g/mol. The van der Waals surface area contributed by atoms with Crippen molar-refractivity contribution >= 4 is 35.6 Å². The Kier molecular flexibility index (Phi) is 12.9. The number of nitrogens with zero attached hydrogens (tertiary/aromatic N) is 2. The lowest BCUT2D eigenvalue weighted by atomic mass is 10.2. The minimum Gasteiger partial charge on any atom is -0.433 e. The molecule has 0 spiro atoms. The van der Waals surface area contributed by atoms with Gasteiger partial charge in [-0.3, -0.25) is 4.99 Å². The van der Waals surface area contributed by atoms with Crippen LogP contribution in [0.1, 0.15) is 13.3 Å². The minimum absolute atomic E-state index is 0. The quantitative estimate of drug-likeness (QED) is 0.199. The smallest absolute Gasteiger partial charge is 0.387 e. The molecule has 0 amide bonds. The second-order valence-corrected chi connectivity index (χ2v) is 6.29. The van der Waals surface area contributed by atoms with Crippen LogP contribution in [0.25, 0.3) is 0 Å². The fourth-order valence-electron chi connectivity index (χ4n) is 2.99. The van der Waals surface area contributed by atoms with E-state index in [2.05, 4.69) is 20.4 Å². The molecule has 166 valence electrons. The van der Waals surface area contributed by atoms with Gasteiger partial charge in [0.2, 0.25) is 0 Å². The summed E-state index contributed by atoms with van der Waals surface area (Å²) in [6.45, 7) is 3.53. The number of hydrogen-bond acceptors (Lipinski definition) is 5. The van der Waals surface area contributed by atoms with Gasteiger partial charge in [0, 0.05) is 32.8 Å². The number of rotatable bonds is 11. The Hall–Kier alpha value is -1.40. The molecular formula is C19H31F2IN4O3. The van der Waals surface area contributed by atoms with Crippen LogP contribution in [0.2, 0.25) is 0 Å². The van der Waals surface area contributed by atoms with Crippen molar-refractivity contribution in [1.29, 1.82) is 0 Å². The monoisotopic (exact) mass is 528 g/mol. The molecule has 10 heteroatoms. The summed E-state index contributed by atoms with van der Waals surface area (Å²) in [5, 5.41) is 6.63. The van der Waals surface area contributed by atoms with Crippen LogP contribution in [0, 0.1) is 0 Å². The van der Waals surface area contributed by atoms with E-state index in [1.54, 1.807) is 25.3 Å². The van der Waals surface area contributed by atoms with E-state index >= 15 is 0 Å². The summed E-state index contributed by atoms with van der Waals surface area (Å²) >= 11 is 0. The van der Waals surface area contributed by atoms with Crippen molar-refractivity contribution < 1.29 is 23.0 Å². The third-order valence-corrected chi connectivity index (χ3v) is 4.23. The van der Waals surface area contributed by atoms with Crippen LogP contribution >= 0.6 is 24.0 Å². The Bertz CT molecular complexity index is 611. The highest BCUT2D eigenvalue weighted by Gasteiger charge is 2.26. The van der Waals surface area contributed by atoms with E-state index in [0.29, 0.717) is 38.6 Å². The lowest BCUT2D eigenvalue weighted by Crippen LogP contribution is -2.44. The number of halogens is 3. The van der Waals surface area contributed by atoms with E-state index in [9.17, 15) is 8.78 Å². The predicted molar refractivity (Wildman–Crippen MR) is 121 cm³/mol. The van der Waals surface area contributed by atoms with Crippen molar-refractivity contribution in [2.24, 2.45) is 4.99 Å². The number of benzene rings is 1. The van der Waals surface area contributed by atoms with Crippen molar-refractivity contribution in [2.75, 3.05) is 58.0 Å². The van der Waals surface area contributed by atoms with Gasteiger partial charge in [0.25, 0.3) is 0 Å². The molecule has 2 rings (SSSR count). The number of ether oxygens (including phenoxy) is 3. The molecule has 1 aliphatic heterocycles. The van der Waals surface area contributed by atoms with Gasteiger partial charge in [0.1, 0.15) is 5.75 Å². The number of para-hydroxylation sites is 2. The molecule has 0 radical (unpaired) electrons. The summed E-state index contributed by atoms with van der Waals surface area (Å²) in [4.78, 5) is 6.56. The second-order valence-electron chi connectivity index (χ2n) is 6.29. The van der Waals surface area contributed by atoms with Gasteiger partial charge < -0.3 is 29.7 Å². The third kappa shape index (κ3) is 9.30. The normalized spacial score (nSPS) is 16.7. The Morgan fingerprint density at radius 3 is 2.79 bits per heavy atom. The maximum Gasteiger partial charge on any atom is 0.387 e. The van der Waals surface area contributed by atoms with Gasteiger partial charge in [-0.1, -0.05) is 12.1 Å². The summed E-state index contributed by atoms with van der Waals surface area (Å²) < 4.78 is 40.3. The summed E-state index contributed by atoms with van der Waals surface area (Å²) in [6.07, 6.45) is 0.873. The molecule has 1 unspecified atom stereocenters. The van der Waals surface area contributed by atoms with E-state index in [0.717, 1.165) is 25.5 Å². The van der Waals surface area contributed by atoms with E-state index in [4.69, 9.17) is 9.47 Å².